The summed E-state index contributed by atoms with van der Waals surface area (Å²) in [6.07, 6.45) is 6.69. The summed E-state index contributed by atoms with van der Waals surface area (Å²) in [5.74, 6) is 0.689. The van der Waals surface area contributed by atoms with Gasteiger partial charge in [-0.1, -0.05) is 33.6 Å². The summed E-state index contributed by atoms with van der Waals surface area (Å²) in [7, 11) is 1.80. The Morgan fingerprint density at radius 1 is 1.38 bits per heavy atom. The Balaban J connectivity index is 2.21. The second-order valence-corrected chi connectivity index (χ2v) is 5.93. The second-order valence-electron chi connectivity index (χ2n) is 5.93. The SMILES string of the molecule is CCC(C)(CC)C1CC2CCC1(COC)O2. The maximum absolute atomic E-state index is 6.24. The highest BCUT2D eigenvalue weighted by molar-refractivity contribution is 5.07. The van der Waals surface area contributed by atoms with Gasteiger partial charge in [0.25, 0.3) is 0 Å². The fourth-order valence-electron chi connectivity index (χ4n) is 3.87. The summed E-state index contributed by atoms with van der Waals surface area (Å²) in [4.78, 5) is 0. The smallest absolute Gasteiger partial charge is 0.0953 e. The van der Waals surface area contributed by atoms with Gasteiger partial charge in [0.2, 0.25) is 0 Å². The van der Waals surface area contributed by atoms with Gasteiger partial charge in [0.05, 0.1) is 18.3 Å². The Morgan fingerprint density at radius 2 is 2.06 bits per heavy atom. The molecule has 0 aromatic carbocycles. The van der Waals surface area contributed by atoms with Crippen molar-refractivity contribution in [3.8, 4) is 0 Å². The topological polar surface area (TPSA) is 18.5 Å². The van der Waals surface area contributed by atoms with Crippen LogP contribution in [0, 0.1) is 11.3 Å². The van der Waals surface area contributed by atoms with Crippen molar-refractivity contribution in [2.24, 2.45) is 11.3 Å². The maximum atomic E-state index is 6.24. The van der Waals surface area contributed by atoms with E-state index in [-0.39, 0.29) is 5.60 Å². The van der Waals surface area contributed by atoms with Gasteiger partial charge in [0.15, 0.2) is 0 Å². The monoisotopic (exact) mass is 226 g/mol. The van der Waals surface area contributed by atoms with Gasteiger partial charge in [0.1, 0.15) is 0 Å². The van der Waals surface area contributed by atoms with Crippen molar-refractivity contribution < 1.29 is 9.47 Å². The highest BCUT2D eigenvalue weighted by Gasteiger charge is 2.58. The first-order valence-corrected chi connectivity index (χ1v) is 6.77. The molecule has 3 atom stereocenters. The van der Waals surface area contributed by atoms with Gasteiger partial charge in [-0.3, -0.25) is 0 Å². The lowest BCUT2D eigenvalue weighted by Crippen LogP contribution is -2.46. The molecule has 2 heterocycles. The van der Waals surface area contributed by atoms with E-state index in [1.165, 1.54) is 32.1 Å². The average molecular weight is 226 g/mol. The number of rotatable bonds is 5. The second kappa shape index (κ2) is 4.30. The van der Waals surface area contributed by atoms with E-state index >= 15 is 0 Å². The van der Waals surface area contributed by atoms with Crippen LogP contribution in [0.15, 0.2) is 0 Å². The first kappa shape index (κ1) is 12.4. The predicted octanol–water partition coefficient (Wildman–Crippen LogP) is 3.40. The van der Waals surface area contributed by atoms with E-state index in [4.69, 9.17) is 9.47 Å². The van der Waals surface area contributed by atoms with Gasteiger partial charge >= 0.3 is 0 Å². The minimum absolute atomic E-state index is 0.0419. The number of hydrogen-bond acceptors (Lipinski definition) is 2. The zero-order chi connectivity index (χ0) is 11.8. The summed E-state index contributed by atoms with van der Waals surface area (Å²) in [5, 5.41) is 0. The molecule has 2 saturated heterocycles. The molecule has 2 aliphatic heterocycles. The van der Waals surface area contributed by atoms with Crippen molar-refractivity contribution >= 4 is 0 Å². The van der Waals surface area contributed by atoms with Crippen LogP contribution in [0.5, 0.6) is 0 Å². The molecule has 2 aliphatic rings. The number of fused-ring (bicyclic) bond motifs is 2. The number of methoxy groups -OCH3 is 1. The molecule has 94 valence electrons. The normalized spacial score (nSPS) is 38.2. The number of ether oxygens (including phenoxy) is 2. The van der Waals surface area contributed by atoms with E-state index in [2.05, 4.69) is 20.8 Å². The minimum atomic E-state index is 0.0419. The molecule has 0 spiro atoms. The van der Waals surface area contributed by atoms with Gasteiger partial charge in [-0.25, -0.2) is 0 Å². The predicted molar refractivity (Wildman–Crippen MR) is 65.5 cm³/mol. The summed E-state index contributed by atoms with van der Waals surface area (Å²) in [6.45, 7) is 7.84. The molecule has 2 fully saturated rings. The third-order valence-electron chi connectivity index (χ3n) is 5.27. The van der Waals surface area contributed by atoms with E-state index in [0.717, 1.165) is 6.61 Å². The summed E-state index contributed by atoms with van der Waals surface area (Å²) in [6, 6.07) is 0. The van der Waals surface area contributed by atoms with E-state index in [0.29, 0.717) is 17.4 Å². The fourth-order valence-corrected chi connectivity index (χ4v) is 3.87. The van der Waals surface area contributed by atoms with Gasteiger partial charge in [-0.15, -0.1) is 0 Å². The molecule has 2 bridgehead atoms. The third kappa shape index (κ3) is 1.70. The van der Waals surface area contributed by atoms with Crippen LogP contribution in [-0.4, -0.2) is 25.4 Å². The highest BCUT2D eigenvalue weighted by Crippen LogP contribution is 2.56. The third-order valence-corrected chi connectivity index (χ3v) is 5.27. The van der Waals surface area contributed by atoms with Gasteiger partial charge in [-0.2, -0.15) is 0 Å². The lowest BCUT2D eigenvalue weighted by molar-refractivity contribution is -0.0883. The molecule has 3 unspecified atom stereocenters. The molecule has 0 aliphatic carbocycles. The molecule has 2 rings (SSSR count). The molecular formula is C14H26O2. The van der Waals surface area contributed by atoms with Crippen LogP contribution >= 0.6 is 0 Å². The Morgan fingerprint density at radius 3 is 2.56 bits per heavy atom. The maximum Gasteiger partial charge on any atom is 0.0953 e. The molecule has 0 radical (unpaired) electrons. The van der Waals surface area contributed by atoms with Crippen LogP contribution < -0.4 is 0 Å². The van der Waals surface area contributed by atoms with Crippen LogP contribution in [0.1, 0.15) is 52.9 Å². The molecule has 2 nitrogen and oxygen atoms in total. The van der Waals surface area contributed by atoms with Crippen molar-refractivity contribution in [2.75, 3.05) is 13.7 Å². The van der Waals surface area contributed by atoms with Crippen molar-refractivity contribution in [1.82, 2.24) is 0 Å². The Hall–Kier alpha value is -0.0800. The lowest BCUT2D eigenvalue weighted by atomic mass is 9.62. The van der Waals surface area contributed by atoms with Crippen LogP contribution in [0.2, 0.25) is 0 Å². The van der Waals surface area contributed by atoms with E-state index in [1.54, 1.807) is 7.11 Å². The summed E-state index contributed by atoms with van der Waals surface area (Å²) in [5.41, 5.74) is 0.466. The molecule has 16 heavy (non-hydrogen) atoms. The lowest BCUT2D eigenvalue weighted by Gasteiger charge is -2.44. The Labute approximate surface area is 99.7 Å². The van der Waals surface area contributed by atoms with E-state index in [9.17, 15) is 0 Å². The Bertz CT molecular complexity index is 247. The number of hydrogen-bond donors (Lipinski definition) is 0. The highest BCUT2D eigenvalue weighted by atomic mass is 16.6. The van der Waals surface area contributed by atoms with Gasteiger partial charge in [0, 0.05) is 7.11 Å². The largest absolute Gasteiger partial charge is 0.382 e. The van der Waals surface area contributed by atoms with Gasteiger partial charge < -0.3 is 9.47 Å². The van der Waals surface area contributed by atoms with Crippen LogP contribution in [-0.2, 0) is 9.47 Å². The quantitative estimate of drug-likeness (QED) is 0.715. The van der Waals surface area contributed by atoms with Crippen molar-refractivity contribution in [3.05, 3.63) is 0 Å². The van der Waals surface area contributed by atoms with Gasteiger partial charge in [-0.05, 0) is 30.6 Å². The molecule has 0 N–H and O–H groups in total. The molecule has 2 heteroatoms. The molecule has 0 saturated carbocycles. The van der Waals surface area contributed by atoms with Crippen molar-refractivity contribution in [2.45, 2.75) is 64.6 Å². The summed E-state index contributed by atoms with van der Waals surface area (Å²) >= 11 is 0. The first-order chi connectivity index (χ1) is 7.60. The minimum Gasteiger partial charge on any atom is -0.382 e. The zero-order valence-corrected chi connectivity index (χ0v) is 11.2. The Kier molecular flexibility index (Phi) is 3.33. The van der Waals surface area contributed by atoms with E-state index in [1.807, 2.05) is 0 Å². The first-order valence-electron chi connectivity index (χ1n) is 6.77. The zero-order valence-electron chi connectivity index (χ0n) is 11.2. The molecule has 0 aromatic rings. The summed E-state index contributed by atoms with van der Waals surface area (Å²) < 4.78 is 11.7. The molecule has 0 aromatic heterocycles. The molecule has 0 amide bonds. The standard InChI is InChI=1S/C14H26O2/c1-5-13(3,6-2)12-9-11-7-8-14(12,16-11)10-15-4/h11-12H,5-10H2,1-4H3. The van der Waals surface area contributed by atoms with Crippen molar-refractivity contribution in [3.63, 3.8) is 0 Å². The fraction of sp³-hybridized carbons (Fsp3) is 1.00. The van der Waals surface area contributed by atoms with E-state index < -0.39 is 0 Å². The van der Waals surface area contributed by atoms with Crippen molar-refractivity contribution in [1.29, 1.82) is 0 Å². The van der Waals surface area contributed by atoms with Crippen LogP contribution in [0.3, 0.4) is 0 Å². The average Bonchev–Trinajstić information content (AvgIpc) is 2.86. The van der Waals surface area contributed by atoms with Crippen LogP contribution in [0.4, 0.5) is 0 Å². The van der Waals surface area contributed by atoms with Crippen LogP contribution in [0.25, 0.3) is 0 Å². The molecular weight excluding hydrogens is 200 g/mol.